The molecule has 2 saturated carbocycles. The number of rotatable bonds is 6. The number of halogens is 5. The van der Waals surface area contributed by atoms with Crippen LogP contribution in [-0.4, -0.2) is 65.4 Å². The average molecular weight is 464 g/mol. The molecule has 0 amide bonds. The van der Waals surface area contributed by atoms with E-state index in [-0.39, 0.29) is 17.4 Å². The molecule has 0 aromatic heterocycles. The van der Waals surface area contributed by atoms with Crippen molar-refractivity contribution < 1.29 is 54.6 Å². The SMILES string of the molecule is CO[Si](OC)(OC)C1CC2CC1CC2C(=O)OC1OC(O)(C(F)(F)F)C(F)(F)C1C. The molecule has 2 bridgehead atoms. The molecule has 2 aliphatic carbocycles. The lowest BCUT2D eigenvalue weighted by Gasteiger charge is -2.36. The second kappa shape index (κ2) is 7.62. The number of esters is 1. The van der Waals surface area contributed by atoms with Crippen LogP contribution in [0.3, 0.4) is 0 Å². The summed E-state index contributed by atoms with van der Waals surface area (Å²) in [4.78, 5) is 12.6. The van der Waals surface area contributed by atoms with Gasteiger partial charge in [-0.3, -0.25) is 9.53 Å². The van der Waals surface area contributed by atoms with E-state index in [2.05, 4.69) is 4.74 Å². The highest BCUT2D eigenvalue weighted by Gasteiger charge is 2.79. The molecule has 0 aromatic rings. The van der Waals surface area contributed by atoms with Gasteiger partial charge in [-0.25, -0.2) is 0 Å². The summed E-state index contributed by atoms with van der Waals surface area (Å²) < 4.78 is 92.7. The van der Waals surface area contributed by atoms with Gasteiger partial charge in [-0.15, -0.1) is 0 Å². The molecule has 0 aromatic carbocycles. The minimum Gasteiger partial charge on any atom is -0.435 e. The highest BCUT2D eigenvalue weighted by Crippen LogP contribution is 2.59. The van der Waals surface area contributed by atoms with Gasteiger partial charge in [0.05, 0.1) is 11.8 Å². The Bertz CT molecular complexity index is 665. The molecule has 1 heterocycles. The van der Waals surface area contributed by atoms with Gasteiger partial charge in [0.2, 0.25) is 6.29 Å². The molecular formula is C17H25F5O7Si. The molecule has 1 saturated heterocycles. The number of aliphatic hydroxyl groups is 1. The van der Waals surface area contributed by atoms with Crippen molar-refractivity contribution in [3.05, 3.63) is 0 Å². The van der Waals surface area contributed by atoms with Crippen LogP contribution in [0.2, 0.25) is 5.54 Å². The first-order valence-corrected chi connectivity index (χ1v) is 11.3. The molecule has 174 valence electrons. The number of alkyl halides is 5. The molecule has 1 aliphatic heterocycles. The van der Waals surface area contributed by atoms with E-state index in [9.17, 15) is 31.9 Å². The zero-order chi connectivity index (χ0) is 22.7. The predicted molar refractivity (Wildman–Crippen MR) is 90.9 cm³/mol. The average Bonchev–Trinajstić information content (AvgIpc) is 3.32. The Balaban J connectivity index is 1.68. The summed E-state index contributed by atoms with van der Waals surface area (Å²) in [6.07, 6.45) is -6.48. The number of fused-ring (bicyclic) bond motifs is 2. The van der Waals surface area contributed by atoms with Crippen molar-refractivity contribution >= 4 is 14.8 Å². The van der Waals surface area contributed by atoms with Gasteiger partial charge in [-0.1, -0.05) is 6.92 Å². The van der Waals surface area contributed by atoms with Gasteiger partial charge in [-0.2, -0.15) is 22.0 Å². The first kappa shape index (κ1) is 23.8. The van der Waals surface area contributed by atoms with Crippen molar-refractivity contribution in [2.24, 2.45) is 23.7 Å². The van der Waals surface area contributed by atoms with E-state index >= 15 is 0 Å². The lowest BCUT2D eigenvalue weighted by atomic mass is 9.88. The summed E-state index contributed by atoms with van der Waals surface area (Å²) in [6.45, 7) is 0.730. The second-order valence-corrected chi connectivity index (χ2v) is 11.3. The summed E-state index contributed by atoms with van der Waals surface area (Å²) in [7, 11) is 1.51. The molecule has 7 unspecified atom stereocenters. The standard InChI is InChI=1S/C17H25F5O7Si/c1-8-14(29-16(24,15(8,18)19)17(20,21)22)28-13(23)11-6-10-5-9(11)7-12(10)30(25-2,26-3)27-4/h8-12,14,24H,5-7H2,1-4H3. The Labute approximate surface area is 171 Å². The fourth-order valence-corrected chi connectivity index (χ4v) is 7.96. The molecule has 7 atom stereocenters. The first-order chi connectivity index (χ1) is 13.8. The van der Waals surface area contributed by atoms with Gasteiger partial charge in [-0.05, 0) is 31.1 Å². The number of hydrogen-bond donors (Lipinski definition) is 1. The monoisotopic (exact) mass is 464 g/mol. The maximum atomic E-state index is 14.1. The Morgan fingerprint density at radius 3 is 2.03 bits per heavy atom. The van der Waals surface area contributed by atoms with E-state index in [4.69, 9.17) is 18.0 Å². The van der Waals surface area contributed by atoms with E-state index < -0.39 is 50.8 Å². The molecule has 3 fully saturated rings. The Hall–Kier alpha value is -0.863. The van der Waals surface area contributed by atoms with Gasteiger partial charge in [0, 0.05) is 26.9 Å². The molecule has 30 heavy (non-hydrogen) atoms. The maximum Gasteiger partial charge on any atom is 0.503 e. The van der Waals surface area contributed by atoms with Crippen LogP contribution >= 0.6 is 0 Å². The zero-order valence-electron chi connectivity index (χ0n) is 16.9. The second-order valence-electron chi connectivity index (χ2n) is 8.13. The lowest BCUT2D eigenvalue weighted by molar-refractivity contribution is -0.415. The van der Waals surface area contributed by atoms with Crippen molar-refractivity contribution in [3.63, 3.8) is 0 Å². The summed E-state index contributed by atoms with van der Waals surface area (Å²) >= 11 is 0. The Kier molecular flexibility index (Phi) is 6.05. The van der Waals surface area contributed by atoms with E-state index in [1.807, 2.05) is 0 Å². The summed E-state index contributed by atoms with van der Waals surface area (Å²) in [6, 6.07) is 0. The lowest BCUT2D eigenvalue weighted by Crippen LogP contribution is -2.57. The third kappa shape index (κ3) is 3.28. The quantitative estimate of drug-likeness (QED) is 0.368. The van der Waals surface area contributed by atoms with Crippen LogP contribution in [-0.2, 0) is 27.5 Å². The number of carbonyl (C=O) groups excluding carboxylic acids is 1. The molecule has 7 nitrogen and oxygen atoms in total. The highest BCUT2D eigenvalue weighted by molar-refractivity contribution is 6.62. The Morgan fingerprint density at radius 2 is 1.63 bits per heavy atom. The van der Waals surface area contributed by atoms with Crippen LogP contribution in [0, 0.1) is 23.7 Å². The predicted octanol–water partition coefficient (Wildman–Crippen LogP) is 2.70. The molecule has 3 rings (SSSR count). The van der Waals surface area contributed by atoms with E-state index in [0.29, 0.717) is 19.3 Å². The van der Waals surface area contributed by atoms with Crippen molar-refractivity contribution in [1.29, 1.82) is 0 Å². The topological polar surface area (TPSA) is 83.5 Å². The van der Waals surface area contributed by atoms with Crippen LogP contribution in [0.1, 0.15) is 26.2 Å². The van der Waals surface area contributed by atoms with Crippen LogP contribution in [0.4, 0.5) is 22.0 Å². The maximum absolute atomic E-state index is 14.1. The van der Waals surface area contributed by atoms with Gasteiger partial charge in [0.1, 0.15) is 0 Å². The molecule has 13 heteroatoms. The van der Waals surface area contributed by atoms with E-state index in [1.165, 1.54) is 21.3 Å². The van der Waals surface area contributed by atoms with E-state index in [1.54, 1.807) is 0 Å². The largest absolute Gasteiger partial charge is 0.503 e. The number of ether oxygens (including phenoxy) is 2. The zero-order valence-corrected chi connectivity index (χ0v) is 17.9. The van der Waals surface area contributed by atoms with Crippen LogP contribution < -0.4 is 0 Å². The van der Waals surface area contributed by atoms with Gasteiger partial charge < -0.3 is 23.1 Å². The van der Waals surface area contributed by atoms with Gasteiger partial charge in [0.15, 0.2) is 0 Å². The van der Waals surface area contributed by atoms with E-state index in [0.717, 1.165) is 6.92 Å². The normalized spacial score (nSPS) is 40.7. The van der Waals surface area contributed by atoms with Gasteiger partial charge in [0.25, 0.3) is 0 Å². The third-order valence-corrected chi connectivity index (χ3v) is 10.1. The van der Waals surface area contributed by atoms with Crippen LogP contribution in [0.15, 0.2) is 0 Å². The first-order valence-electron chi connectivity index (χ1n) is 9.48. The highest BCUT2D eigenvalue weighted by atomic mass is 28.4. The molecule has 0 spiro atoms. The number of hydrogen-bond acceptors (Lipinski definition) is 7. The fraction of sp³-hybridized carbons (Fsp3) is 0.941. The summed E-state index contributed by atoms with van der Waals surface area (Å²) in [5, 5.41) is 9.46. The van der Waals surface area contributed by atoms with Gasteiger partial charge >= 0.3 is 32.7 Å². The molecule has 1 N–H and O–H groups in total. The summed E-state index contributed by atoms with van der Waals surface area (Å²) in [5.74, 6) is -13.3. The fourth-order valence-electron chi connectivity index (χ4n) is 5.11. The molecule has 3 aliphatic rings. The molecular weight excluding hydrogens is 439 g/mol. The minimum atomic E-state index is -5.76. The van der Waals surface area contributed by atoms with Crippen molar-refractivity contribution in [2.75, 3.05) is 21.3 Å². The van der Waals surface area contributed by atoms with Crippen molar-refractivity contribution in [1.82, 2.24) is 0 Å². The minimum absolute atomic E-state index is 0.00883. The smallest absolute Gasteiger partial charge is 0.435 e. The third-order valence-electron chi connectivity index (χ3n) is 6.80. The molecule has 0 radical (unpaired) electrons. The Morgan fingerprint density at radius 1 is 1.07 bits per heavy atom. The van der Waals surface area contributed by atoms with Crippen LogP contribution in [0.5, 0.6) is 0 Å². The summed E-state index contributed by atoms with van der Waals surface area (Å²) in [5.41, 5.74) is -0.0483. The van der Waals surface area contributed by atoms with Crippen LogP contribution in [0.25, 0.3) is 0 Å². The number of carbonyl (C=O) groups is 1. The van der Waals surface area contributed by atoms with Crippen molar-refractivity contribution in [3.8, 4) is 0 Å². The van der Waals surface area contributed by atoms with Crippen molar-refractivity contribution in [2.45, 2.75) is 55.9 Å².